The van der Waals surface area contributed by atoms with Gasteiger partial charge in [-0.1, -0.05) is 30.3 Å². The van der Waals surface area contributed by atoms with Crippen molar-refractivity contribution in [3.8, 4) is 0 Å². The molecule has 0 bridgehead atoms. The number of amidine groups is 1. The van der Waals surface area contributed by atoms with E-state index in [0.717, 1.165) is 5.84 Å². The van der Waals surface area contributed by atoms with Crippen LogP contribution in [0.5, 0.6) is 0 Å². The lowest BCUT2D eigenvalue weighted by molar-refractivity contribution is 0.626. The van der Waals surface area contributed by atoms with Crippen molar-refractivity contribution in [3.05, 3.63) is 47.2 Å². The van der Waals surface area contributed by atoms with E-state index in [1.54, 1.807) is 0 Å². The number of hydrogen-bond acceptors (Lipinski definition) is 3. The summed E-state index contributed by atoms with van der Waals surface area (Å²) in [5.74, 6) is 1.04. The molecular weight excluding hydrogens is 240 g/mol. The van der Waals surface area contributed by atoms with Crippen LogP contribution in [0.4, 0.5) is 0 Å². The molecule has 0 aromatic heterocycles. The van der Waals surface area contributed by atoms with E-state index in [1.807, 2.05) is 17.8 Å². The Morgan fingerprint density at radius 2 is 1.94 bits per heavy atom. The highest BCUT2D eigenvalue weighted by molar-refractivity contribution is 7.99. The second-order valence-corrected chi connectivity index (χ2v) is 5.69. The monoisotopic (exact) mass is 258 g/mol. The summed E-state index contributed by atoms with van der Waals surface area (Å²) in [6.45, 7) is 0. The molecule has 0 saturated carbocycles. The van der Waals surface area contributed by atoms with Gasteiger partial charge in [0, 0.05) is 11.3 Å². The molecule has 18 heavy (non-hydrogen) atoms. The SMILES string of the molecule is CS[C@H]1N=C(c2ccccc2)NC2=C1CCCC2. The minimum atomic E-state index is 0.316. The molecule has 1 aromatic carbocycles. The number of nitrogens with one attached hydrogen (secondary N) is 1. The highest BCUT2D eigenvalue weighted by Crippen LogP contribution is 2.34. The van der Waals surface area contributed by atoms with E-state index in [-0.39, 0.29) is 0 Å². The van der Waals surface area contributed by atoms with Crippen LogP contribution in [0.15, 0.2) is 46.6 Å². The number of aliphatic imine (C=N–C) groups is 1. The van der Waals surface area contributed by atoms with Crippen LogP contribution in [0.2, 0.25) is 0 Å². The Bertz CT molecular complexity index is 490. The fourth-order valence-electron chi connectivity index (χ4n) is 2.65. The average Bonchev–Trinajstić information content (AvgIpc) is 2.47. The van der Waals surface area contributed by atoms with Crippen molar-refractivity contribution in [1.29, 1.82) is 0 Å². The molecule has 2 nitrogen and oxygen atoms in total. The Balaban J connectivity index is 1.93. The summed E-state index contributed by atoms with van der Waals surface area (Å²) in [6.07, 6.45) is 7.15. The van der Waals surface area contributed by atoms with Crippen molar-refractivity contribution in [2.75, 3.05) is 6.26 Å². The third-order valence-electron chi connectivity index (χ3n) is 3.59. The number of nitrogens with zero attached hydrogens (tertiary/aromatic N) is 1. The molecule has 1 heterocycles. The third kappa shape index (κ3) is 2.19. The van der Waals surface area contributed by atoms with E-state index in [1.165, 1.54) is 42.5 Å². The van der Waals surface area contributed by atoms with Gasteiger partial charge in [0.2, 0.25) is 0 Å². The molecule has 0 saturated heterocycles. The molecule has 0 spiro atoms. The zero-order valence-electron chi connectivity index (χ0n) is 10.6. The zero-order chi connectivity index (χ0) is 12.4. The van der Waals surface area contributed by atoms with Gasteiger partial charge in [-0.2, -0.15) is 0 Å². The van der Waals surface area contributed by atoms with Gasteiger partial charge in [0.1, 0.15) is 11.2 Å². The molecule has 1 aromatic rings. The van der Waals surface area contributed by atoms with Gasteiger partial charge in [-0.05, 0) is 37.5 Å². The highest BCUT2D eigenvalue weighted by Gasteiger charge is 2.25. The van der Waals surface area contributed by atoms with Crippen molar-refractivity contribution in [3.63, 3.8) is 0 Å². The van der Waals surface area contributed by atoms with Gasteiger partial charge in [0.05, 0.1) is 0 Å². The van der Waals surface area contributed by atoms with Gasteiger partial charge in [-0.3, -0.25) is 0 Å². The Morgan fingerprint density at radius 3 is 2.72 bits per heavy atom. The fourth-order valence-corrected chi connectivity index (χ4v) is 3.41. The molecule has 94 valence electrons. The first-order chi connectivity index (χ1) is 8.88. The average molecular weight is 258 g/mol. The van der Waals surface area contributed by atoms with Crippen LogP contribution in [0.1, 0.15) is 31.2 Å². The maximum atomic E-state index is 4.87. The van der Waals surface area contributed by atoms with Crippen LogP contribution in [0, 0.1) is 0 Å². The lowest BCUT2D eigenvalue weighted by Gasteiger charge is -2.30. The topological polar surface area (TPSA) is 24.4 Å². The van der Waals surface area contributed by atoms with Crippen molar-refractivity contribution >= 4 is 17.6 Å². The largest absolute Gasteiger partial charge is 0.343 e. The molecule has 0 amide bonds. The summed E-state index contributed by atoms with van der Waals surface area (Å²) in [5, 5.41) is 3.87. The first-order valence-corrected chi connectivity index (χ1v) is 7.82. The third-order valence-corrected chi connectivity index (χ3v) is 4.43. The van der Waals surface area contributed by atoms with Gasteiger partial charge in [-0.15, -0.1) is 11.8 Å². The quantitative estimate of drug-likeness (QED) is 0.877. The van der Waals surface area contributed by atoms with Crippen LogP contribution in [0.3, 0.4) is 0 Å². The van der Waals surface area contributed by atoms with Crippen LogP contribution < -0.4 is 5.32 Å². The lowest BCUT2D eigenvalue weighted by atomic mass is 9.94. The molecule has 1 N–H and O–H groups in total. The molecule has 1 aliphatic carbocycles. The second kappa shape index (κ2) is 5.19. The highest BCUT2D eigenvalue weighted by atomic mass is 32.2. The van der Waals surface area contributed by atoms with Gasteiger partial charge in [-0.25, -0.2) is 4.99 Å². The minimum absolute atomic E-state index is 0.316. The van der Waals surface area contributed by atoms with E-state index in [4.69, 9.17) is 4.99 Å². The van der Waals surface area contributed by atoms with E-state index in [9.17, 15) is 0 Å². The summed E-state index contributed by atoms with van der Waals surface area (Å²) in [4.78, 5) is 4.87. The predicted molar refractivity (Wildman–Crippen MR) is 78.9 cm³/mol. The first-order valence-electron chi connectivity index (χ1n) is 6.53. The molecule has 3 heteroatoms. The number of hydrogen-bond donors (Lipinski definition) is 1. The smallest absolute Gasteiger partial charge is 0.134 e. The summed E-state index contributed by atoms with van der Waals surface area (Å²) in [5.41, 5.74) is 4.14. The van der Waals surface area contributed by atoms with Gasteiger partial charge in [0.15, 0.2) is 0 Å². The maximum Gasteiger partial charge on any atom is 0.134 e. The van der Waals surface area contributed by atoms with Crippen molar-refractivity contribution < 1.29 is 0 Å². The maximum absolute atomic E-state index is 4.87. The molecule has 2 aliphatic rings. The molecule has 0 fully saturated rings. The van der Waals surface area contributed by atoms with Crippen LogP contribution in [0.25, 0.3) is 0 Å². The molecule has 3 rings (SSSR count). The minimum Gasteiger partial charge on any atom is -0.343 e. The van der Waals surface area contributed by atoms with Crippen molar-refractivity contribution in [1.82, 2.24) is 5.32 Å². The number of thioether (sulfide) groups is 1. The number of allylic oxidation sites excluding steroid dienone is 1. The Hall–Kier alpha value is -1.22. The Labute approximate surface area is 113 Å². The summed E-state index contributed by atoms with van der Waals surface area (Å²) >= 11 is 1.84. The second-order valence-electron chi connectivity index (χ2n) is 4.77. The van der Waals surface area contributed by atoms with E-state index in [2.05, 4.69) is 35.8 Å². The Morgan fingerprint density at radius 1 is 1.17 bits per heavy atom. The lowest BCUT2D eigenvalue weighted by Crippen LogP contribution is -2.33. The van der Waals surface area contributed by atoms with E-state index < -0.39 is 0 Å². The van der Waals surface area contributed by atoms with Crippen molar-refractivity contribution in [2.24, 2.45) is 4.99 Å². The molecule has 1 atom stereocenters. The zero-order valence-corrected chi connectivity index (χ0v) is 11.5. The van der Waals surface area contributed by atoms with E-state index >= 15 is 0 Å². The fraction of sp³-hybridized carbons (Fsp3) is 0.400. The normalized spacial score (nSPS) is 23.2. The molecular formula is C15H18N2S. The first kappa shape index (κ1) is 11.8. The Kier molecular flexibility index (Phi) is 3.41. The standard InChI is InChI=1S/C15H18N2S/c1-18-15-12-9-5-6-10-13(12)16-14(17-15)11-7-3-2-4-8-11/h2-4,7-8,15H,5-6,9-10H2,1H3,(H,16,17)/t15-/m1/s1. The summed E-state index contributed by atoms with van der Waals surface area (Å²) in [6, 6.07) is 10.4. The molecule has 0 unspecified atom stereocenters. The van der Waals surface area contributed by atoms with Gasteiger partial charge >= 0.3 is 0 Å². The van der Waals surface area contributed by atoms with Crippen molar-refractivity contribution in [2.45, 2.75) is 31.1 Å². The van der Waals surface area contributed by atoms with Crippen LogP contribution in [-0.2, 0) is 0 Å². The number of rotatable bonds is 2. The van der Waals surface area contributed by atoms with E-state index in [0.29, 0.717) is 5.37 Å². The predicted octanol–water partition coefficient (Wildman–Crippen LogP) is 3.55. The van der Waals surface area contributed by atoms with Gasteiger partial charge < -0.3 is 5.32 Å². The summed E-state index contributed by atoms with van der Waals surface area (Å²) in [7, 11) is 0. The molecule has 0 radical (unpaired) electrons. The van der Waals surface area contributed by atoms with Gasteiger partial charge in [0.25, 0.3) is 0 Å². The molecule has 1 aliphatic heterocycles. The number of benzene rings is 1. The van der Waals surface area contributed by atoms with Crippen LogP contribution >= 0.6 is 11.8 Å². The van der Waals surface area contributed by atoms with Crippen LogP contribution in [-0.4, -0.2) is 17.5 Å². The summed E-state index contributed by atoms with van der Waals surface area (Å²) < 4.78 is 0.